The van der Waals surface area contributed by atoms with Crippen LogP contribution in [0.2, 0.25) is 0 Å². The fourth-order valence-corrected chi connectivity index (χ4v) is 1.47. The first-order chi connectivity index (χ1) is 6.38. The molecule has 1 heteroatoms. The first-order valence-electron chi connectivity index (χ1n) is 5.00. The second kappa shape index (κ2) is 5.63. The van der Waals surface area contributed by atoms with Gasteiger partial charge in [0, 0.05) is 0 Å². The Morgan fingerprint density at radius 2 is 1.92 bits per heavy atom. The maximum Gasteiger partial charge on any atom is 0.122 e. The van der Waals surface area contributed by atoms with E-state index in [2.05, 4.69) is 19.1 Å². The van der Waals surface area contributed by atoms with E-state index >= 15 is 0 Å². The Kier molecular flexibility index (Phi) is 4.37. The summed E-state index contributed by atoms with van der Waals surface area (Å²) in [6, 6.07) is 8.27. The van der Waals surface area contributed by atoms with E-state index in [4.69, 9.17) is 4.74 Å². The molecule has 0 atom stereocenters. The summed E-state index contributed by atoms with van der Waals surface area (Å²) >= 11 is 0. The van der Waals surface area contributed by atoms with Crippen LogP contribution in [-0.4, -0.2) is 7.11 Å². The SMILES string of the molecule is CCCCCc1ccccc1OC. The predicted octanol–water partition coefficient (Wildman–Crippen LogP) is 3.43. The summed E-state index contributed by atoms with van der Waals surface area (Å²) in [4.78, 5) is 0. The van der Waals surface area contributed by atoms with Gasteiger partial charge in [-0.05, 0) is 24.5 Å². The molecule has 0 heterocycles. The lowest BCUT2D eigenvalue weighted by atomic mass is 10.1. The summed E-state index contributed by atoms with van der Waals surface area (Å²) in [6.07, 6.45) is 4.97. The molecule has 0 spiro atoms. The highest BCUT2D eigenvalue weighted by Gasteiger charge is 1.99. The van der Waals surface area contributed by atoms with Gasteiger partial charge in [0.1, 0.15) is 5.75 Å². The zero-order valence-electron chi connectivity index (χ0n) is 8.55. The van der Waals surface area contributed by atoms with Crippen molar-refractivity contribution in [2.45, 2.75) is 32.6 Å². The third kappa shape index (κ3) is 3.10. The van der Waals surface area contributed by atoms with Crippen molar-refractivity contribution in [1.82, 2.24) is 0 Å². The number of aryl methyl sites for hydroxylation is 1. The van der Waals surface area contributed by atoms with Crippen molar-refractivity contribution in [3.8, 4) is 5.75 Å². The minimum Gasteiger partial charge on any atom is -0.496 e. The second-order valence-electron chi connectivity index (χ2n) is 3.27. The minimum atomic E-state index is 1.03. The first-order valence-corrected chi connectivity index (χ1v) is 5.00. The van der Waals surface area contributed by atoms with E-state index in [1.54, 1.807) is 7.11 Å². The molecule has 0 aliphatic rings. The highest BCUT2D eigenvalue weighted by atomic mass is 16.5. The van der Waals surface area contributed by atoms with E-state index in [-0.39, 0.29) is 0 Å². The molecule has 0 N–H and O–H groups in total. The molecule has 13 heavy (non-hydrogen) atoms. The Morgan fingerprint density at radius 1 is 1.15 bits per heavy atom. The Hall–Kier alpha value is -0.980. The zero-order chi connectivity index (χ0) is 9.52. The number of unbranched alkanes of at least 4 members (excludes halogenated alkanes) is 2. The molecule has 0 amide bonds. The monoisotopic (exact) mass is 178 g/mol. The first kappa shape index (κ1) is 10.1. The third-order valence-corrected chi connectivity index (χ3v) is 2.24. The van der Waals surface area contributed by atoms with Crippen LogP contribution >= 0.6 is 0 Å². The maximum atomic E-state index is 5.28. The number of hydrogen-bond acceptors (Lipinski definition) is 1. The summed E-state index contributed by atoms with van der Waals surface area (Å²) in [7, 11) is 1.73. The van der Waals surface area contributed by atoms with Crippen molar-refractivity contribution in [3.05, 3.63) is 29.8 Å². The number of methoxy groups -OCH3 is 1. The molecule has 1 aromatic rings. The summed E-state index contributed by atoms with van der Waals surface area (Å²) in [5, 5.41) is 0. The van der Waals surface area contributed by atoms with E-state index in [1.807, 2.05) is 12.1 Å². The molecule has 1 nitrogen and oxygen atoms in total. The summed E-state index contributed by atoms with van der Waals surface area (Å²) < 4.78 is 5.28. The van der Waals surface area contributed by atoms with E-state index in [0.29, 0.717) is 0 Å². The van der Waals surface area contributed by atoms with Gasteiger partial charge in [0.05, 0.1) is 7.11 Å². The molecule has 1 aromatic carbocycles. The highest BCUT2D eigenvalue weighted by Crippen LogP contribution is 2.19. The third-order valence-electron chi connectivity index (χ3n) is 2.24. The minimum absolute atomic E-state index is 1.03. The van der Waals surface area contributed by atoms with E-state index in [1.165, 1.54) is 24.8 Å². The Morgan fingerprint density at radius 3 is 2.62 bits per heavy atom. The van der Waals surface area contributed by atoms with Crippen molar-refractivity contribution >= 4 is 0 Å². The quantitative estimate of drug-likeness (QED) is 0.628. The van der Waals surface area contributed by atoms with Crippen molar-refractivity contribution < 1.29 is 4.74 Å². The Balaban J connectivity index is 2.54. The van der Waals surface area contributed by atoms with Crippen molar-refractivity contribution in [2.24, 2.45) is 0 Å². The molecule has 0 saturated carbocycles. The second-order valence-corrected chi connectivity index (χ2v) is 3.27. The maximum absolute atomic E-state index is 5.28. The summed E-state index contributed by atoms with van der Waals surface area (Å²) in [6.45, 7) is 2.22. The Bertz CT molecular complexity index is 243. The van der Waals surface area contributed by atoms with Crippen LogP contribution in [0.15, 0.2) is 24.3 Å². The Labute approximate surface area is 80.7 Å². The van der Waals surface area contributed by atoms with Gasteiger partial charge in [-0.2, -0.15) is 0 Å². The number of ether oxygens (including phenoxy) is 1. The van der Waals surface area contributed by atoms with Gasteiger partial charge in [-0.3, -0.25) is 0 Å². The molecule has 0 aliphatic heterocycles. The van der Waals surface area contributed by atoms with Crippen molar-refractivity contribution in [1.29, 1.82) is 0 Å². The molecule has 72 valence electrons. The van der Waals surface area contributed by atoms with Gasteiger partial charge in [0.2, 0.25) is 0 Å². The normalized spacial score (nSPS) is 10.0. The number of para-hydroxylation sites is 1. The lowest BCUT2D eigenvalue weighted by molar-refractivity contribution is 0.409. The number of rotatable bonds is 5. The lowest BCUT2D eigenvalue weighted by Crippen LogP contribution is -1.91. The summed E-state index contributed by atoms with van der Waals surface area (Å²) in [5.41, 5.74) is 1.33. The van der Waals surface area contributed by atoms with E-state index < -0.39 is 0 Å². The average molecular weight is 178 g/mol. The molecule has 0 radical (unpaired) electrons. The van der Waals surface area contributed by atoms with Gasteiger partial charge < -0.3 is 4.74 Å². The molecule has 0 aromatic heterocycles. The fourth-order valence-electron chi connectivity index (χ4n) is 1.47. The van der Waals surface area contributed by atoms with Crippen LogP contribution in [0.3, 0.4) is 0 Å². The van der Waals surface area contributed by atoms with Crippen LogP contribution in [0.5, 0.6) is 5.75 Å². The van der Waals surface area contributed by atoms with Gasteiger partial charge in [-0.1, -0.05) is 38.0 Å². The molecule has 0 saturated heterocycles. The highest BCUT2D eigenvalue weighted by molar-refractivity contribution is 5.33. The van der Waals surface area contributed by atoms with Crippen LogP contribution in [0.1, 0.15) is 31.7 Å². The largest absolute Gasteiger partial charge is 0.496 e. The smallest absolute Gasteiger partial charge is 0.122 e. The molecule has 0 aliphatic carbocycles. The molecule has 0 bridgehead atoms. The van der Waals surface area contributed by atoms with Gasteiger partial charge in [0.25, 0.3) is 0 Å². The van der Waals surface area contributed by atoms with Crippen LogP contribution < -0.4 is 4.74 Å². The van der Waals surface area contributed by atoms with Crippen LogP contribution in [0, 0.1) is 0 Å². The van der Waals surface area contributed by atoms with Gasteiger partial charge in [-0.25, -0.2) is 0 Å². The molecule has 1 rings (SSSR count). The lowest BCUT2D eigenvalue weighted by Gasteiger charge is -2.06. The predicted molar refractivity (Wildman–Crippen MR) is 56.2 cm³/mol. The topological polar surface area (TPSA) is 9.23 Å². The standard InChI is InChI=1S/C12H18O/c1-3-4-5-8-11-9-6-7-10-12(11)13-2/h6-7,9-10H,3-5,8H2,1-2H3. The van der Waals surface area contributed by atoms with Crippen molar-refractivity contribution in [2.75, 3.05) is 7.11 Å². The molecule has 0 unspecified atom stereocenters. The molecular weight excluding hydrogens is 160 g/mol. The van der Waals surface area contributed by atoms with Crippen LogP contribution in [-0.2, 0) is 6.42 Å². The summed E-state index contributed by atoms with van der Waals surface area (Å²) in [5.74, 6) is 1.03. The molecule has 0 fully saturated rings. The number of hydrogen-bond donors (Lipinski definition) is 0. The van der Waals surface area contributed by atoms with Crippen LogP contribution in [0.25, 0.3) is 0 Å². The van der Waals surface area contributed by atoms with Gasteiger partial charge >= 0.3 is 0 Å². The fraction of sp³-hybridized carbons (Fsp3) is 0.500. The van der Waals surface area contributed by atoms with Gasteiger partial charge in [0.15, 0.2) is 0 Å². The van der Waals surface area contributed by atoms with Crippen molar-refractivity contribution in [3.63, 3.8) is 0 Å². The number of benzene rings is 1. The average Bonchev–Trinajstić information content (AvgIpc) is 2.19. The van der Waals surface area contributed by atoms with Crippen LogP contribution in [0.4, 0.5) is 0 Å². The molecular formula is C12H18O. The zero-order valence-corrected chi connectivity index (χ0v) is 8.55. The van der Waals surface area contributed by atoms with Gasteiger partial charge in [-0.15, -0.1) is 0 Å². The van der Waals surface area contributed by atoms with E-state index in [0.717, 1.165) is 12.2 Å². The van der Waals surface area contributed by atoms with E-state index in [9.17, 15) is 0 Å².